The molecule has 0 unspecified atom stereocenters. The predicted molar refractivity (Wildman–Crippen MR) is 504 cm³/mol. The number of hydrogen-bond donors (Lipinski definition) is 2. The Morgan fingerprint density at radius 3 is 0.984 bits per heavy atom. The largest absolute Gasteiger partial charge is 0.744 e. The van der Waals surface area contributed by atoms with E-state index in [1.807, 2.05) is 71.9 Å². The lowest BCUT2D eigenvalue weighted by molar-refractivity contribution is -0.539. The fourth-order valence-electron chi connectivity index (χ4n) is 16.2. The minimum atomic E-state index is -4.86. The fraction of sp³-hybridized carbons (Fsp3) is 0.252. The van der Waals surface area contributed by atoms with Gasteiger partial charge in [-0.3, -0.25) is 0 Å². The predicted octanol–water partition coefficient (Wildman–Crippen LogP) is 16.6. The number of allylic oxidation sites excluding steroid dienone is 11. The number of anilines is 5. The van der Waals surface area contributed by atoms with Gasteiger partial charge in [0.1, 0.15) is 50.0 Å². The highest BCUT2D eigenvalue weighted by Gasteiger charge is 2.27. The highest BCUT2D eigenvalue weighted by Crippen LogP contribution is 2.42. The second-order valence-corrected chi connectivity index (χ2v) is 33.9. The Balaban J connectivity index is 0.000000184. The molecule has 13 rings (SSSR count). The number of rotatable bonds is 30. The van der Waals surface area contributed by atoms with Crippen molar-refractivity contribution in [2.45, 2.75) is 111 Å². The molecule has 0 radical (unpaired) electrons. The van der Waals surface area contributed by atoms with E-state index in [2.05, 4.69) is 269 Å². The van der Waals surface area contributed by atoms with Gasteiger partial charge in [0.25, 0.3) is 0 Å². The first-order valence-corrected chi connectivity index (χ1v) is 47.0. The summed E-state index contributed by atoms with van der Waals surface area (Å²) in [5.74, 6) is 0. The van der Waals surface area contributed by atoms with E-state index in [1.54, 1.807) is 24.3 Å². The zero-order chi connectivity index (χ0) is 88.0. The average molecular weight is 1700 g/mol. The normalized spacial score (nSPS) is 13.5. The van der Waals surface area contributed by atoms with Crippen LogP contribution in [0.4, 0.5) is 28.4 Å². The molecule has 0 saturated carbocycles. The number of hydrogen-bond acceptors (Lipinski definition) is 14. The molecular weight excluding hydrogens is 1590 g/mol. The molecule has 123 heavy (non-hydrogen) atoms. The van der Waals surface area contributed by atoms with E-state index >= 15 is 0 Å². The molecule has 20 heteroatoms. The Morgan fingerprint density at radius 2 is 0.642 bits per heavy atom. The maximum absolute atomic E-state index is 12.4. The lowest BCUT2D eigenvalue weighted by atomic mass is 9.83. The van der Waals surface area contributed by atoms with Crippen molar-refractivity contribution in [1.29, 1.82) is 0 Å². The summed E-state index contributed by atoms with van der Waals surface area (Å²) in [6.07, 6.45) is 16.3. The fourth-order valence-corrected chi connectivity index (χ4v) is 18.0. The molecule has 0 aliphatic heterocycles. The summed E-state index contributed by atoms with van der Waals surface area (Å²) in [4.78, 5) is 17.6. The van der Waals surface area contributed by atoms with Gasteiger partial charge in [-0.05, 0) is 288 Å². The summed E-state index contributed by atoms with van der Waals surface area (Å²) in [7, 11) is -14.1. The molecule has 0 spiro atoms. The molecule has 3 aliphatic carbocycles. The molecule has 0 heterocycles. The van der Waals surface area contributed by atoms with E-state index < -0.39 is 30.4 Å². The van der Waals surface area contributed by atoms with E-state index in [4.69, 9.17) is 0 Å². The van der Waals surface area contributed by atoms with Gasteiger partial charge in [-0.25, -0.2) is 39.8 Å². The molecule has 10 aromatic rings. The van der Waals surface area contributed by atoms with E-state index in [-0.39, 0.29) is 20.2 Å². The van der Waals surface area contributed by atoms with Gasteiger partial charge < -0.3 is 38.2 Å². The summed E-state index contributed by atoms with van der Waals surface area (Å²) >= 11 is 0. The zero-order valence-electron chi connectivity index (χ0n) is 72.7. The first kappa shape index (κ1) is 91.9. The Labute approximate surface area is 729 Å². The minimum Gasteiger partial charge on any atom is -0.744 e. The molecule has 0 atom stereocenters. The van der Waals surface area contributed by atoms with Crippen LogP contribution in [-0.2, 0) is 43.4 Å². The molecular formula is C103H114N8O9S3. The maximum Gasteiger partial charge on any atom is 0.206 e. The van der Waals surface area contributed by atoms with Crippen LogP contribution in [0.25, 0.3) is 27.9 Å². The van der Waals surface area contributed by atoms with E-state index in [1.165, 1.54) is 150 Å². The molecule has 3 aliphatic rings. The highest BCUT2D eigenvalue weighted by molar-refractivity contribution is 7.86. The summed E-state index contributed by atoms with van der Waals surface area (Å²) in [6, 6.07) is 78.9. The number of nitrogens with zero attached hydrogens (tertiary/aromatic N) is 6. The van der Waals surface area contributed by atoms with Gasteiger partial charge in [0.2, 0.25) is 11.4 Å². The lowest BCUT2D eigenvalue weighted by Gasteiger charge is -2.25. The topological polar surface area (TPSA) is 219 Å². The second-order valence-electron chi connectivity index (χ2n) is 29.8. The molecule has 0 amide bonds. The molecule has 0 aromatic heterocycles. The second kappa shape index (κ2) is 42.8. The van der Waals surface area contributed by atoms with Crippen LogP contribution >= 0.6 is 0 Å². The Bertz CT molecular complexity index is 5720. The average Bonchev–Trinajstić information content (AvgIpc) is 0.787. The van der Waals surface area contributed by atoms with Gasteiger partial charge in [-0.15, -0.1) is 0 Å². The Morgan fingerprint density at radius 1 is 0.317 bits per heavy atom. The first-order chi connectivity index (χ1) is 59.4. The molecule has 638 valence electrons. The van der Waals surface area contributed by atoms with Crippen molar-refractivity contribution in [2.75, 3.05) is 103 Å². The van der Waals surface area contributed by atoms with Crippen LogP contribution in [0.1, 0.15) is 150 Å². The van der Waals surface area contributed by atoms with Crippen molar-refractivity contribution in [3.05, 3.63) is 364 Å². The van der Waals surface area contributed by atoms with Crippen molar-refractivity contribution in [1.82, 2.24) is 0 Å². The monoisotopic (exact) mass is 1700 g/mol. The summed E-state index contributed by atoms with van der Waals surface area (Å²) in [5.41, 5.74) is 27.3. The molecule has 0 bridgehead atoms. The number of benzene rings is 10. The van der Waals surface area contributed by atoms with E-state index in [0.717, 1.165) is 76.8 Å². The van der Waals surface area contributed by atoms with Gasteiger partial charge in [0.05, 0.1) is 25.8 Å². The van der Waals surface area contributed by atoms with E-state index in [0.29, 0.717) is 54.0 Å². The third-order valence-electron chi connectivity index (χ3n) is 22.6. The smallest absolute Gasteiger partial charge is 0.206 e. The minimum absolute atomic E-state index is 0.221. The molecule has 10 aromatic carbocycles. The molecule has 0 saturated heterocycles. The summed E-state index contributed by atoms with van der Waals surface area (Å²) in [5, 5.41) is 0. The Kier molecular flexibility index (Phi) is 31.9. The standard InChI is InChI=1S/C37H36N2O9S3.2C33H39N3/c1-3-38(25-27-9-7-11-33(23-27)49(40,41)42)31-19-15-29(16-20-31)37(35-13-5-6-14-36(35)51(46,47)48)30-17-21-32(22-18-30)39(4-2)26-28-10-8-12-34(24-28)50(43,44)45;2*1-6-34-32-24-23-31(29-13-11-12-14-30(29)32)33(25-15-19-27(20-16-25)35(7-2)8-3)26-17-21-28(22-18-26)36(9-4)10-5/h5-24H,3-4,25-26H2,1-2H3,(H2-,40,41,42,43,44,45,46,47,48);2*11-24H,6-10H2,1-5H3. The van der Waals surface area contributed by atoms with Gasteiger partial charge >= 0.3 is 0 Å². The van der Waals surface area contributed by atoms with Crippen LogP contribution in [-0.4, -0.2) is 139 Å². The summed E-state index contributed by atoms with van der Waals surface area (Å²) in [6.45, 7) is 37.5. The van der Waals surface area contributed by atoms with Crippen molar-refractivity contribution in [2.24, 2.45) is 0 Å². The van der Waals surface area contributed by atoms with Crippen LogP contribution < -0.4 is 34.5 Å². The molecule has 2 N–H and O–H groups in total. The van der Waals surface area contributed by atoms with Crippen LogP contribution in [0.3, 0.4) is 0 Å². The van der Waals surface area contributed by atoms with Crippen molar-refractivity contribution < 1.29 is 53.5 Å². The zero-order valence-corrected chi connectivity index (χ0v) is 75.1. The van der Waals surface area contributed by atoms with Crippen LogP contribution in [0.2, 0.25) is 0 Å². The Hall–Kier alpha value is -11.9. The molecule has 0 fully saturated rings. The van der Waals surface area contributed by atoms with Gasteiger partial charge in [0, 0.05) is 129 Å². The quantitative estimate of drug-likeness (QED) is 0.0316. The highest BCUT2D eigenvalue weighted by atomic mass is 32.2. The summed E-state index contributed by atoms with van der Waals surface area (Å²) < 4.78 is 109. The van der Waals surface area contributed by atoms with Crippen LogP contribution in [0.15, 0.2) is 312 Å². The van der Waals surface area contributed by atoms with Crippen molar-refractivity contribution in [3.63, 3.8) is 0 Å². The van der Waals surface area contributed by atoms with Crippen LogP contribution in [0.5, 0.6) is 0 Å². The maximum atomic E-state index is 12.4. The van der Waals surface area contributed by atoms with Crippen LogP contribution in [0, 0.1) is 0 Å². The number of fused-ring (bicyclic) bond motifs is 2. The van der Waals surface area contributed by atoms with E-state index in [9.17, 15) is 38.9 Å². The third kappa shape index (κ3) is 22.5. The van der Waals surface area contributed by atoms with Gasteiger partial charge in [-0.1, -0.05) is 140 Å². The molecule has 17 nitrogen and oxygen atoms in total. The van der Waals surface area contributed by atoms with Crippen molar-refractivity contribution >= 4 is 104 Å². The first-order valence-electron chi connectivity index (χ1n) is 42.8. The SMILES string of the molecule is CCN(Cc1cccc(S(=O)(=O)[O-])c1)c1ccc(C(=C2C=CC(=[N+](CC)Cc3cccc(S(=O)(=O)[O-])c3)C=C2)c2ccccc2S(=O)(=O)[O-])cc1.CC[NH+]=C1C=CC(=C(c2ccc(N(CC)CC)cc2)c2ccc(N(CC)CC)cc2)c2ccccc21.CC[NH+]=C1C=CC(=C(c2ccc(N(CC)CC)cc2)c2ccc(N(CC)CC)cc2)c2ccccc21. The third-order valence-corrected chi connectivity index (χ3v) is 25.2. The van der Waals surface area contributed by atoms with Gasteiger partial charge in [0.15, 0.2) is 12.3 Å². The lowest BCUT2D eigenvalue weighted by Crippen LogP contribution is -2.72. The number of nitrogens with one attached hydrogen (secondary N) is 2. The van der Waals surface area contributed by atoms with Crippen molar-refractivity contribution in [3.8, 4) is 0 Å². The van der Waals surface area contributed by atoms with Gasteiger partial charge in [-0.2, -0.15) is 0 Å².